The molecule has 15 aromatic carbocycles. The Hall–Kier alpha value is -14.7. The number of phenols is 15. The molecule has 0 spiro atoms. The van der Waals surface area contributed by atoms with Crippen molar-refractivity contribution in [3.63, 3.8) is 0 Å². The highest BCUT2D eigenvalue weighted by Crippen LogP contribution is 2.46. The molecule has 15 heteroatoms. The van der Waals surface area contributed by atoms with E-state index in [4.69, 9.17) is 0 Å². The molecule has 0 amide bonds. The molecule has 0 saturated carbocycles. The molecule has 576 valence electrons. The van der Waals surface area contributed by atoms with Gasteiger partial charge in [-0.2, -0.15) is 0 Å². The average molecular weight is 1530 g/mol. The summed E-state index contributed by atoms with van der Waals surface area (Å²) in [5.41, 5.74) is 16.9. The Labute approximate surface area is 666 Å². The summed E-state index contributed by atoms with van der Waals surface area (Å²) in [6.45, 7) is 2.08. The zero-order valence-corrected chi connectivity index (χ0v) is 62.8. The van der Waals surface area contributed by atoms with Gasteiger partial charge in [-0.3, -0.25) is 0 Å². The molecule has 115 heavy (non-hydrogen) atoms. The van der Waals surface area contributed by atoms with Crippen molar-refractivity contribution in [1.82, 2.24) is 0 Å². The fraction of sp³-hybridized carbons (Fsp3) is 0.100. The molecule has 0 unspecified atom stereocenters. The Kier molecular flexibility index (Phi) is 23.9. The molecule has 0 bridgehead atoms. The lowest BCUT2D eigenvalue weighted by molar-refractivity contribution is 0.462. The zero-order chi connectivity index (χ0) is 80.9. The number of aromatic hydroxyl groups is 15. The van der Waals surface area contributed by atoms with Crippen LogP contribution in [0.3, 0.4) is 0 Å². The molecule has 0 fully saturated rings. The lowest BCUT2D eigenvalue weighted by atomic mass is 9.71. The van der Waals surface area contributed by atoms with E-state index < -0.39 is 11.3 Å². The number of phenolic OH excluding ortho intramolecular Hbond substituents is 15. The SMILES string of the molecule is CC(c1ccc(O)cc1)(c1ccc(O)cc1)c1ccc(O)cc1.Oc1ccc(C(c2ccc(O)cc2)c2ccc(O)cc2)cc1.Oc1ccc(Cc2cc(C(c3cc(Cc4ccc(O)cc4)c(O)c(Cc4ccc(O)cc4)c3)c3cc(Cc4ccc(O)cc4)c(O)c(Cc4ccc(O)cc4)c3)cc(Cc3ccc(O)cc3)c2O)cc1. The first kappa shape index (κ1) is 78.4. The highest BCUT2D eigenvalue weighted by molar-refractivity contribution is 5.61. The van der Waals surface area contributed by atoms with Crippen molar-refractivity contribution < 1.29 is 76.6 Å². The predicted molar refractivity (Wildman–Crippen MR) is 446 cm³/mol. The Morgan fingerprint density at radius 3 is 0.461 bits per heavy atom. The van der Waals surface area contributed by atoms with Gasteiger partial charge in [-0.25, -0.2) is 0 Å². The van der Waals surface area contributed by atoms with Crippen molar-refractivity contribution in [3.8, 4) is 86.2 Å². The van der Waals surface area contributed by atoms with Crippen molar-refractivity contribution in [2.75, 3.05) is 0 Å². The van der Waals surface area contributed by atoms with Gasteiger partial charge in [0.25, 0.3) is 0 Å². The van der Waals surface area contributed by atoms with Crippen LogP contribution in [0.25, 0.3) is 0 Å². The van der Waals surface area contributed by atoms with Crippen molar-refractivity contribution in [1.29, 1.82) is 0 Å². The fourth-order valence-electron chi connectivity index (χ4n) is 14.7. The second-order valence-electron chi connectivity index (χ2n) is 29.0. The van der Waals surface area contributed by atoms with E-state index in [-0.39, 0.29) is 92.2 Å². The van der Waals surface area contributed by atoms with Gasteiger partial charge < -0.3 is 76.6 Å². The highest BCUT2D eigenvalue weighted by Gasteiger charge is 2.32. The summed E-state index contributed by atoms with van der Waals surface area (Å²) in [6, 6.07) is 95.5. The fourth-order valence-corrected chi connectivity index (χ4v) is 14.7. The topological polar surface area (TPSA) is 303 Å². The van der Waals surface area contributed by atoms with E-state index in [0.29, 0.717) is 71.9 Å². The molecule has 15 N–H and O–H groups in total. The molecule has 0 atom stereocenters. The van der Waals surface area contributed by atoms with Crippen LogP contribution in [0.2, 0.25) is 0 Å². The first-order valence-corrected chi connectivity index (χ1v) is 37.4. The minimum atomic E-state index is -0.604. The lowest BCUT2D eigenvalue weighted by Crippen LogP contribution is -2.25. The normalized spacial score (nSPS) is 11.2. The summed E-state index contributed by atoms with van der Waals surface area (Å²) in [4.78, 5) is 0. The molecule has 0 saturated heterocycles. The molecule has 0 aromatic heterocycles. The summed E-state index contributed by atoms with van der Waals surface area (Å²) in [5, 5.41) is 155. The van der Waals surface area contributed by atoms with Crippen LogP contribution < -0.4 is 0 Å². The van der Waals surface area contributed by atoms with Gasteiger partial charge in [0.15, 0.2) is 0 Å². The predicted octanol–water partition coefficient (Wildman–Crippen LogP) is 19.9. The summed E-state index contributed by atoms with van der Waals surface area (Å²) >= 11 is 0. The van der Waals surface area contributed by atoms with Crippen LogP contribution in [-0.2, 0) is 43.9 Å². The molecule has 0 aliphatic carbocycles. The zero-order valence-electron chi connectivity index (χ0n) is 62.8. The highest BCUT2D eigenvalue weighted by atomic mass is 16.3. The Bertz CT molecular complexity index is 4980. The second kappa shape index (κ2) is 35.1. The van der Waals surface area contributed by atoms with Gasteiger partial charge in [-0.1, -0.05) is 182 Å². The standard InChI is InChI=1S/C61H52O9.C20H18O3.C19H16O3/c62-52-13-1-37(2-14-52)25-46-31-43(32-47(59(46)68)26-38-3-15-53(63)16-4-38)58(44-33-48(27-39-5-17-54(64)18-6-39)60(69)49(34-44)28-40-7-19-55(65)20-8-40)45-35-50(29-41-9-21-56(66)22-10-41)61(70)51(36-45)30-42-11-23-57(67)24-12-42;1-20(14-2-8-17(21)9-3-14,15-4-10-18(22)11-5-15)16-6-12-19(23)13-7-16;20-16-7-1-13(2-8-16)19(14-3-9-17(21)10-4-14)15-5-11-18(22)12-6-15/h1-24,31-36,58,62-70H,25-30H2;2-13,21-23H,1H3;1-12,19-22H. The van der Waals surface area contributed by atoms with E-state index in [9.17, 15) is 76.6 Å². The molecule has 0 radical (unpaired) electrons. The molecule has 15 nitrogen and oxygen atoms in total. The van der Waals surface area contributed by atoms with Gasteiger partial charge in [0, 0.05) is 55.8 Å². The lowest BCUT2D eigenvalue weighted by Gasteiger charge is -2.32. The number of hydrogen-bond acceptors (Lipinski definition) is 15. The van der Waals surface area contributed by atoms with Crippen molar-refractivity contribution in [3.05, 3.63) is 444 Å². The van der Waals surface area contributed by atoms with Crippen molar-refractivity contribution in [2.45, 2.75) is 62.7 Å². The van der Waals surface area contributed by atoms with Crippen LogP contribution >= 0.6 is 0 Å². The second-order valence-corrected chi connectivity index (χ2v) is 29.0. The first-order chi connectivity index (χ1) is 55.4. The maximum Gasteiger partial charge on any atom is 0.122 e. The van der Waals surface area contributed by atoms with Crippen molar-refractivity contribution in [2.24, 2.45) is 0 Å². The maximum absolute atomic E-state index is 12.2. The summed E-state index contributed by atoms with van der Waals surface area (Å²) in [6.07, 6.45) is 1.90. The molecule has 0 heterocycles. The van der Waals surface area contributed by atoms with Crippen LogP contribution in [0, 0.1) is 0 Å². The van der Waals surface area contributed by atoms with Gasteiger partial charge in [0.1, 0.15) is 86.2 Å². The van der Waals surface area contributed by atoms with Crippen molar-refractivity contribution >= 4 is 0 Å². The molecule has 0 aliphatic rings. The average Bonchev–Trinajstić information content (AvgIpc) is 0.776. The first-order valence-electron chi connectivity index (χ1n) is 37.4. The molecule has 15 rings (SSSR count). The van der Waals surface area contributed by atoms with E-state index in [1.165, 1.54) is 0 Å². The minimum Gasteiger partial charge on any atom is -0.508 e. The van der Waals surface area contributed by atoms with Gasteiger partial charge in [-0.15, -0.1) is 0 Å². The molecule has 15 aromatic rings. The van der Waals surface area contributed by atoms with Crippen LogP contribution in [-0.4, -0.2) is 76.6 Å². The van der Waals surface area contributed by atoms with E-state index >= 15 is 0 Å². The van der Waals surface area contributed by atoms with E-state index in [1.54, 1.807) is 146 Å². The quantitative estimate of drug-likeness (QED) is 0.0298. The maximum atomic E-state index is 12.2. The molecular formula is C100H86O15. The Balaban J connectivity index is 0.000000205. The van der Waals surface area contributed by atoms with E-state index in [0.717, 1.165) is 83.5 Å². The summed E-state index contributed by atoms with van der Waals surface area (Å²) in [5.74, 6) is 1.67. The number of benzene rings is 15. The largest absolute Gasteiger partial charge is 0.508 e. The summed E-state index contributed by atoms with van der Waals surface area (Å²) in [7, 11) is 0. The molecule has 0 aliphatic heterocycles. The van der Waals surface area contributed by atoms with Crippen LogP contribution in [0.15, 0.2) is 328 Å². The van der Waals surface area contributed by atoms with E-state index in [2.05, 4.69) is 6.92 Å². The minimum absolute atomic E-state index is 0.0400. The van der Waals surface area contributed by atoms with Gasteiger partial charge >= 0.3 is 0 Å². The Morgan fingerprint density at radius 1 is 0.174 bits per heavy atom. The van der Waals surface area contributed by atoms with Gasteiger partial charge in [0.05, 0.1) is 0 Å². The summed E-state index contributed by atoms with van der Waals surface area (Å²) < 4.78 is 0. The Morgan fingerprint density at radius 2 is 0.304 bits per heavy atom. The smallest absolute Gasteiger partial charge is 0.122 e. The van der Waals surface area contributed by atoms with Gasteiger partial charge in [0.2, 0.25) is 0 Å². The van der Waals surface area contributed by atoms with E-state index in [1.807, 2.05) is 182 Å². The van der Waals surface area contributed by atoms with Crippen LogP contribution in [0.5, 0.6) is 86.2 Å². The van der Waals surface area contributed by atoms with Crippen LogP contribution in [0.1, 0.15) is 136 Å². The third-order valence-electron chi connectivity index (χ3n) is 20.9. The monoisotopic (exact) mass is 1530 g/mol. The molecular weight excluding hydrogens is 1440 g/mol. The number of hydrogen-bond donors (Lipinski definition) is 15. The van der Waals surface area contributed by atoms with Gasteiger partial charge in [-0.05, 0) is 269 Å². The third kappa shape index (κ3) is 19.5. The van der Waals surface area contributed by atoms with Crippen LogP contribution in [0.4, 0.5) is 0 Å². The number of rotatable bonds is 21. The third-order valence-corrected chi connectivity index (χ3v) is 20.9.